The molecule has 1 saturated heterocycles. The van der Waals surface area contributed by atoms with Gasteiger partial charge in [0.1, 0.15) is 0 Å². The average Bonchev–Trinajstić information content (AvgIpc) is 3.58. The Kier molecular flexibility index (Phi) is 11.7. The van der Waals surface area contributed by atoms with Crippen LogP contribution in [0.3, 0.4) is 0 Å². The van der Waals surface area contributed by atoms with Crippen molar-refractivity contribution in [3.8, 4) is 22.3 Å². The minimum atomic E-state index is -2.58. The van der Waals surface area contributed by atoms with E-state index in [-0.39, 0.29) is 24.8 Å². The van der Waals surface area contributed by atoms with E-state index < -0.39 is 16.6 Å². The Bertz CT molecular complexity index is 1660. The summed E-state index contributed by atoms with van der Waals surface area (Å²) in [7, 11) is 0. The molecule has 2 atom stereocenters. The molecule has 1 aliphatic heterocycles. The van der Waals surface area contributed by atoms with Crippen LogP contribution in [0.15, 0.2) is 96.1 Å². The van der Waals surface area contributed by atoms with Gasteiger partial charge in [-0.2, -0.15) is 0 Å². The number of allylic oxidation sites excluding steroid dienone is 2. The summed E-state index contributed by atoms with van der Waals surface area (Å²) < 4.78 is 4.29. The second kappa shape index (κ2) is 15.3. The van der Waals surface area contributed by atoms with Gasteiger partial charge in [-0.1, -0.05) is 0 Å². The molecule has 4 aromatic rings. The van der Waals surface area contributed by atoms with Gasteiger partial charge in [-0.25, -0.2) is 0 Å². The molecule has 1 fully saturated rings. The molecule has 2 aliphatic carbocycles. The molecular formula is C45H52Cl2Ti. The SMILES string of the molecule is CCc1ccc(-c2cccc3c2C=C(CC(C)C)[CH]3[Ti+2]2([CH]3C(CC(C)C)=Cc4c(-c5ccc(CC)cc5)cccc43)[CH2]C[CH2]2)cc1.[Cl-].[Cl-]. The summed E-state index contributed by atoms with van der Waals surface area (Å²) >= 11 is -2.58. The summed E-state index contributed by atoms with van der Waals surface area (Å²) in [5.41, 5.74) is 18.3. The first kappa shape index (κ1) is 36.9. The van der Waals surface area contributed by atoms with Crippen LogP contribution >= 0.6 is 0 Å². The van der Waals surface area contributed by atoms with Crippen LogP contribution in [0.1, 0.15) is 103 Å². The van der Waals surface area contributed by atoms with Crippen molar-refractivity contribution in [1.29, 1.82) is 0 Å². The van der Waals surface area contributed by atoms with Crippen LogP contribution in [0.25, 0.3) is 34.4 Å². The van der Waals surface area contributed by atoms with E-state index in [0.717, 1.165) is 12.8 Å². The molecule has 0 aromatic heterocycles. The molecule has 3 aliphatic rings. The molecule has 0 N–H and O–H groups in total. The van der Waals surface area contributed by atoms with Crippen molar-refractivity contribution in [2.24, 2.45) is 11.8 Å². The van der Waals surface area contributed by atoms with E-state index in [9.17, 15) is 0 Å². The van der Waals surface area contributed by atoms with E-state index in [4.69, 9.17) is 0 Å². The molecule has 250 valence electrons. The fourth-order valence-electron chi connectivity index (χ4n) is 9.26. The van der Waals surface area contributed by atoms with Crippen LogP contribution in [0.2, 0.25) is 9.45 Å². The first-order valence-electron chi connectivity index (χ1n) is 18.2. The average molecular weight is 712 g/mol. The van der Waals surface area contributed by atoms with Gasteiger partial charge in [0.2, 0.25) is 0 Å². The Balaban J connectivity index is 0.00000225. The van der Waals surface area contributed by atoms with Crippen molar-refractivity contribution in [1.82, 2.24) is 0 Å². The third-order valence-corrected chi connectivity index (χ3v) is 21.1. The maximum atomic E-state index is 2.68. The van der Waals surface area contributed by atoms with Crippen molar-refractivity contribution < 1.29 is 41.4 Å². The van der Waals surface area contributed by atoms with Gasteiger partial charge in [-0.05, 0) is 0 Å². The Labute approximate surface area is 306 Å². The standard InChI is InChI=1S/2C21H23.C3H6.2ClH.Ti/c2*1-4-16-8-10-18(11-9-16)20-7-5-6-19-13-17(12-15(2)3)14-21(19)20;1-3-2;;;/h2*5-11,13-15H,4,12H2,1-3H3;1-3H2;2*1H;/q;;;;;+2/p-2. The molecule has 1 heterocycles. The van der Waals surface area contributed by atoms with E-state index in [1.54, 1.807) is 22.3 Å². The van der Waals surface area contributed by atoms with E-state index >= 15 is 0 Å². The molecule has 0 amide bonds. The van der Waals surface area contributed by atoms with Gasteiger partial charge in [0.05, 0.1) is 0 Å². The summed E-state index contributed by atoms with van der Waals surface area (Å²) in [4.78, 5) is 0. The van der Waals surface area contributed by atoms with Crippen LogP contribution in [0.5, 0.6) is 0 Å². The molecule has 48 heavy (non-hydrogen) atoms. The Morgan fingerprint density at radius 3 is 1.27 bits per heavy atom. The maximum Gasteiger partial charge on any atom is -1.00 e. The molecule has 7 rings (SSSR count). The van der Waals surface area contributed by atoms with Gasteiger partial charge in [-0.15, -0.1) is 0 Å². The van der Waals surface area contributed by atoms with Crippen LogP contribution in [0, 0.1) is 11.8 Å². The summed E-state index contributed by atoms with van der Waals surface area (Å²) in [5, 5.41) is 0. The first-order chi connectivity index (χ1) is 22.3. The Hall–Kier alpha value is -2.35. The monoisotopic (exact) mass is 710 g/mol. The van der Waals surface area contributed by atoms with Gasteiger partial charge < -0.3 is 24.8 Å². The van der Waals surface area contributed by atoms with Crippen molar-refractivity contribution in [3.05, 3.63) is 129 Å². The predicted molar refractivity (Wildman–Crippen MR) is 197 cm³/mol. The number of rotatable bonds is 10. The van der Waals surface area contributed by atoms with Gasteiger partial charge in [0, 0.05) is 0 Å². The third kappa shape index (κ3) is 6.61. The zero-order valence-corrected chi connectivity index (χ0v) is 32.8. The fraction of sp³-hybridized carbons (Fsp3) is 0.378. The number of halogens is 2. The minimum Gasteiger partial charge on any atom is -1.00 e. The molecule has 0 bridgehead atoms. The number of aryl methyl sites for hydroxylation is 2. The maximum absolute atomic E-state index is 2.68. The van der Waals surface area contributed by atoms with Crippen molar-refractivity contribution >= 4 is 12.2 Å². The van der Waals surface area contributed by atoms with Gasteiger partial charge in [0.15, 0.2) is 0 Å². The van der Waals surface area contributed by atoms with Crippen molar-refractivity contribution in [2.45, 2.75) is 91.5 Å². The molecule has 0 spiro atoms. The quantitative estimate of drug-likeness (QED) is 0.153. The van der Waals surface area contributed by atoms with E-state index in [1.807, 2.05) is 0 Å². The number of hydrogen-bond acceptors (Lipinski definition) is 0. The Morgan fingerprint density at radius 1 is 0.562 bits per heavy atom. The summed E-state index contributed by atoms with van der Waals surface area (Å²) in [5.74, 6) is 1.32. The minimum absolute atomic E-state index is 0. The van der Waals surface area contributed by atoms with Crippen molar-refractivity contribution in [3.63, 3.8) is 0 Å². The first-order valence-corrected chi connectivity index (χ1v) is 22.2. The predicted octanol–water partition coefficient (Wildman–Crippen LogP) is 7.22. The van der Waals surface area contributed by atoms with Crippen LogP contribution in [-0.4, -0.2) is 0 Å². The van der Waals surface area contributed by atoms with Crippen LogP contribution < -0.4 is 24.8 Å². The number of benzene rings is 4. The molecule has 0 radical (unpaired) electrons. The molecule has 3 heteroatoms. The van der Waals surface area contributed by atoms with Gasteiger partial charge in [0.25, 0.3) is 0 Å². The van der Waals surface area contributed by atoms with E-state index in [1.165, 1.54) is 73.2 Å². The van der Waals surface area contributed by atoms with E-state index in [0.29, 0.717) is 20.3 Å². The normalized spacial score (nSPS) is 18.1. The van der Waals surface area contributed by atoms with Gasteiger partial charge in [-0.3, -0.25) is 0 Å². The van der Waals surface area contributed by atoms with Crippen molar-refractivity contribution in [2.75, 3.05) is 0 Å². The zero-order valence-electron chi connectivity index (χ0n) is 29.8. The third-order valence-electron chi connectivity index (χ3n) is 11.4. The molecular weight excluding hydrogens is 659 g/mol. The van der Waals surface area contributed by atoms with Crippen LogP contribution in [-0.2, 0) is 29.4 Å². The topological polar surface area (TPSA) is 0 Å². The smallest absolute Gasteiger partial charge is 1.00 e. The summed E-state index contributed by atoms with van der Waals surface area (Å²) in [6.45, 7) is 14.2. The molecule has 0 nitrogen and oxygen atoms in total. The number of hydrogen-bond donors (Lipinski definition) is 0. The fourth-order valence-corrected chi connectivity index (χ4v) is 19.1. The number of fused-ring (bicyclic) bond motifs is 2. The second-order valence-electron chi connectivity index (χ2n) is 15.3. The van der Waals surface area contributed by atoms with E-state index in [2.05, 4.69) is 139 Å². The zero-order chi connectivity index (χ0) is 32.0. The molecule has 0 saturated carbocycles. The Morgan fingerprint density at radius 2 is 0.958 bits per heavy atom. The second-order valence-corrected chi connectivity index (χ2v) is 22.5. The summed E-state index contributed by atoms with van der Waals surface area (Å²) in [6.07, 6.45) is 11.4. The van der Waals surface area contributed by atoms with Gasteiger partial charge >= 0.3 is 284 Å². The molecule has 4 aromatic carbocycles. The largest absolute Gasteiger partial charge is 1.00 e. The van der Waals surface area contributed by atoms with Crippen LogP contribution in [0.4, 0.5) is 0 Å². The summed E-state index contributed by atoms with van der Waals surface area (Å²) in [6, 6.07) is 33.4. The molecule has 2 unspecified atom stereocenters.